The maximum absolute atomic E-state index is 13.9. The van der Waals surface area contributed by atoms with E-state index in [-0.39, 0.29) is 12.8 Å². The van der Waals surface area contributed by atoms with E-state index in [1.165, 1.54) is 6.92 Å². The zero-order valence-electron chi connectivity index (χ0n) is 16.9. The molecule has 0 amide bonds. The molecule has 0 saturated carbocycles. The molecule has 0 radical (unpaired) electrons. The number of alkyl halides is 17. The molecule has 0 heterocycles. The number of rotatable bonds is 13. The highest BCUT2D eigenvalue weighted by molar-refractivity contribution is 6.61. The molecule has 3 nitrogen and oxygen atoms in total. The van der Waals surface area contributed by atoms with Crippen LogP contribution < -0.4 is 0 Å². The normalized spacial score (nSPS) is 15.6. The molecule has 0 aromatic rings. The molecular weight excluding hydrogens is 567 g/mol. The SMILES string of the molecule is CCCCCC(F)(F)CC[Si](OC(F)(F)C(F)(F)F)(OC(F)(F)C(F)(F)F)OC(F)(F)C(F)(F)F. The second-order valence-electron chi connectivity index (χ2n) is 6.85. The van der Waals surface area contributed by atoms with Crippen LogP contribution in [0.5, 0.6) is 0 Å². The average molecular weight is 582 g/mol. The lowest BCUT2D eigenvalue weighted by atomic mass is 10.1. The van der Waals surface area contributed by atoms with Gasteiger partial charge in [-0.3, -0.25) is 0 Å². The van der Waals surface area contributed by atoms with Crippen LogP contribution in [-0.4, -0.2) is 51.6 Å². The molecule has 0 bridgehead atoms. The Balaban J connectivity index is 6.70. The Hall–Kier alpha value is -1.09. The van der Waals surface area contributed by atoms with Crippen molar-refractivity contribution in [2.75, 3.05) is 0 Å². The number of hydrogen-bond acceptors (Lipinski definition) is 3. The molecule has 35 heavy (non-hydrogen) atoms. The van der Waals surface area contributed by atoms with Crippen molar-refractivity contribution in [3.8, 4) is 0 Å². The molecule has 0 spiro atoms. The van der Waals surface area contributed by atoms with Gasteiger partial charge in [0.15, 0.2) is 0 Å². The van der Waals surface area contributed by atoms with Crippen LogP contribution in [0.1, 0.15) is 39.0 Å². The summed E-state index contributed by atoms with van der Waals surface area (Å²) in [6.45, 7) is 1.46. The molecule has 0 N–H and O–H groups in total. The number of unbranched alkanes of at least 4 members (excludes halogenated alkanes) is 2. The van der Waals surface area contributed by atoms with Gasteiger partial charge < -0.3 is 13.3 Å². The fraction of sp³-hybridized carbons (Fsp3) is 1.00. The maximum atomic E-state index is 13.9. The summed E-state index contributed by atoms with van der Waals surface area (Å²) in [5, 5.41) is 0. The summed E-state index contributed by atoms with van der Waals surface area (Å²) in [6.07, 6.45) is -46.5. The second-order valence-corrected chi connectivity index (χ2v) is 9.32. The van der Waals surface area contributed by atoms with Gasteiger partial charge in [0, 0.05) is 18.9 Å². The Morgan fingerprint density at radius 1 is 0.486 bits per heavy atom. The zero-order chi connectivity index (χ0) is 28.4. The second kappa shape index (κ2) is 10.7. The predicted octanol–water partition coefficient (Wildman–Crippen LogP) is 8.05. The summed E-state index contributed by atoms with van der Waals surface area (Å²) in [6, 6.07) is -2.87. The van der Waals surface area contributed by atoms with Crippen molar-refractivity contribution >= 4 is 8.80 Å². The minimum Gasteiger partial charge on any atom is -0.306 e. The summed E-state index contributed by atoms with van der Waals surface area (Å²) in [4.78, 5) is 0. The van der Waals surface area contributed by atoms with Crippen molar-refractivity contribution in [2.24, 2.45) is 0 Å². The van der Waals surface area contributed by atoms with E-state index >= 15 is 0 Å². The highest BCUT2D eigenvalue weighted by Gasteiger charge is 2.74. The van der Waals surface area contributed by atoms with Crippen molar-refractivity contribution in [3.05, 3.63) is 0 Å². The number of hydrogen-bond donors (Lipinski definition) is 0. The van der Waals surface area contributed by atoms with E-state index in [4.69, 9.17) is 0 Å². The lowest BCUT2D eigenvalue weighted by molar-refractivity contribution is -0.421. The fourth-order valence-electron chi connectivity index (χ4n) is 2.07. The molecule has 0 rings (SSSR count). The van der Waals surface area contributed by atoms with E-state index in [1.807, 2.05) is 0 Å². The molecule has 0 aromatic heterocycles. The predicted molar refractivity (Wildman–Crippen MR) is 80.5 cm³/mol. The van der Waals surface area contributed by atoms with E-state index in [1.54, 1.807) is 0 Å². The van der Waals surface area contributed by atoms with E-state index in [2.05, 4.69) is 13.3 Å². The standard InChI is InChI=1S/C14H15F17O3Si/c1-2-3-4-5-8(15,16)6-7-35(32-12(26,27)9(17,18)19,33-13(28,29)10(20,21)22)34-14(30,31)11(23,24)25/h2-7H2,1H3. The van der Waals surface area contributed by atoms with Crippen LogP contribution in [0.2, 0.25) is 6.04 Å². The van der Waals surface area contributed by atoms with E-state index < -0.39 is 76.9 Å². The summed E-state index contributed by atoms with van der Waals surface area (Å²) < 4.78 is 227. The molecule has 0 atom stereocenters. The molecule has 0 aromatic carbocycles. The molecule has 0 aliphatic carbocycles. The lowest BCUT2D eigenvalue weighted by Gasteiger charge is -2.38. The quantitative estimate of drug-likeness (QED) is 0.125. The Morgan fingerprint density at radius 3 is 1.06 bits per heavy atom. The van der Waals surface area contributed by atoms with Gasteiger partial charge in [-0.2, -0.15) is 65.9 Å². The van der Waals surface area contributed by atoms with Crippen molar-refractivity contribution in [2.45, 2.75) is 87.8 Å². The lowest BCUT2D eigenvalue weighted by Crippen LogP contribution is -2.63. The van der Waals surface area contributed by atoms with Crippen LogP contribution in [0, 0.1) is 0 Å². The average Bonchev–Trinajstić information content (AvgIpc) is 2.56. The molecular formula is C14H15F17O3Si. The van der Waals surface area contributed by atoms with Gasteiger partial charge in [-0.1, -0.05) is 19.8 Å². The van der Waals surface area contributed by atoms with Crippen molar-refractivity contribution < 1.29 is 87.9 Å². The Kier molecular flexibility index (Phi) is 10.4. The molecule has 0 aliphatic heterocycles. The van der Waals surface area contributed by atoms with Gasteiger partial charge >= 0.3 is 45.7 Å². The van der Waals surface area contributed by atoms with Gasteiger partial charge in [-0.15, -0.1) is 0 Å². The van der Waals surface area contributed by atoms with Crippen LogP contribution >= 0.6 is 0 Å². The Bertz CT molecular complexity index is 601. The van der Waals surface area contributed by atoms with Gasteiger partial charge in [0.25, 0.3) is 0 Å². The van der Waals surface area contributed by atoms with E-state index in [0.29, 0.717) is 0 Å². The highest BCUT2D eigenvalue weighted by atomic mass is 28.4. The third kappa shape index (κ3) is 9.71. The van der Waals surface area contributed by atoms with Crippen LogP contribution in [0.25, 0.3) is 0 Å². The smallest absolute Gasteiger partial charge is 0.306 e. The van der Waals surface area contributed by atoms with Gasteiger partial charge in [0.2, 0.25) is 5.92 Å². The first kappa shape index (κ1) is 33.9. The van der Waals surface area contributed by atoms with Gasteiger partial charge in [0.05, 0.1) is 0 Å². The minimum atomic E-state index is -8.08. The third-order valence-corrected chi connectivity index (χ3v) is 6.35. The Labute approximate surface area is 185 Å². The largest absolute Gasteiger partial charge is 0.514 e. The van der Waals surface area contributed by atoms with Crippen molar-refractivity contribution in [3.63, 3.8) is 0 Å². The van der Waals surface area contributed by atoms with Crippen molar-refractivity contribution in [1.82, 2.24) is 0 Å². The van der Waals surface area contributed by atoms with Gasteiger partial charge in [-0.25, -0.2) is 8.78 Å². The monoisotopic (exact) mass is 582 g/mol. The van der Waals surface area contributed by atoms with Crippen LogP contribution in [-0.2, 0) is 13.3 Å². The van der Waals surface area contributed by atoms with Crippen LogP contribution in [0.15, 0.2) is 0 Å². The summed E-state index contributed by atoms with van der Waals surface area (Å²) in [5.74, 6) is -4.36. The number of halogens is 17. The zero-order valence-corrected chi connectivity index (χ0v) is 17.9. The van der Waals surface area contributed by atoms with Crippen molar-refractivity contribution in [1.29, 1.82) is 0 Å². The first-order chi connectivity index (χ1) is 15.1. The molecule has 0 saturated heterocycles. The molecule has 212 valence electrons. The summed E-state index contributed by atoms with van der Waals surface area (Å²) in [7, 11) is -8.08. The van der Waals surface area contributed by atoms with Gasteiger partial charge in [-0.05, 0) is 6.42 Å². The molecule has 0 fully saturated rings. The third-order valence-electron chi connectivity index (χ3n) is 3.78. The van der Waals surface area contributed by atoms with Crippen LogP contribution in [0.3, 0.4) is 0 Å². The van der Waals surface area contributed by atoms with Gasteiger partial charge in [0.1, 0.15) is 0 Å². The highest BCUT2D eigenvalue weighted by Crippen LogP contribution is 2.49. The Morgan fingerprint density at radius 2 is 0.800 bits per heavy atom. The minimum absolute atomic E-state index is 0.00605. The summed E-state index contributed by atoms with van der Waals surface area (Å²) >= 11 is 0. The van der Waals surface area contributed by atoms with Crippen LogP contribution in [0.4, 0.5) is 74.6 Å². The van der Waals surface area contributed by atoms with E-state index in [9.17, 15) is 74.6 Å². The first-order valence-electron chi connectivity index (χ1n) is 8.96. The maximum Gasteiger partial charge on any atom is 0.514 e. The first-order valence-corrected chi connectivity index (χ1v) is 10.9. The topological polar surface area (TPSA) is 27.7 Å². The molecule has 21 heteroatoms. The summed E-state index contributed by atoms with van der Waals surface area (Å²) in [5.41, 5.74) is 0. The van der Waals surface area contributed by atoms with E-state index in [0.717, 1.165) is 0 Å². The molecule has 0 unspecified atom stereocenters. The fourth-order valence-corrected chi connectivity index (χ4v) is 4.69. The molecule has 0 aliphatic rings.